The van der Waals surface area contributed by atoms with Gasteiger partial charge < -0.3 is 5.73 Å². The highest BCUT2D eigenvalue weighted by atomic mass is 32.1. The summed E-state index contributed by atoms with van der Waals surface area (Å²) in [6.45, 7) is 6.95. The van der Waals surface area contributed by atoms with Gasteiger partial charge in [-0.2, -0.15) is 0 Å². The van der Waals surface area contributed by atoms with Crippen LogP contribution in [0.3, 0.4) is 0 Å². The quantitative estimate of drug-likeness (QED) is 0.851. The van der Waals surface area contributed by atoms with Crippen molar-refractivity contribution >= 4 is 11.3 Å². The van der Waals surface area contributed by atoms with Gasteiger partial charge in [0.05, 0.1) is 6.04 Å². The van der Waals surface area contributed by atoms with Crippen LogP contribution >= 0.6 is 11.3 Å². The summed E-state index contributed by atoms with van der Waals surface area (Å²) >= 11 is 1.85. The lowest BCUT2D eigenvalue weighted by Gasteiger charge is -2.31. The number of nitrogens with two attached hydrogens (primary N) is 1. The average molecular weight is 266 g/mol. The standard InChI is InChI=1S/C15H26N2S/c1-3-6-12-8-9-17(11-12)15(13(16)4-2)14-7-5-10-18-14/h5,7,10,12-13,15H,3-4,6,8-9,11,16H2,1-2H3. The SMILES string of the molecule is CCCC1CCN(C(c2cccs2)C(N)CC)C1. The number of nitrogens with zero attached hydrogens (tertiary/aromatic N) is 1. The fourth-order valence-electron chi connectivity index (χ4n) is 3.10. The van der Waals surface area contributed by atoms with Gasteiger partial charge in [-0.05, 0) is 43.2 Å². The molecule has 0 saturated carbocycles. The number of hydrogen-bond donors (Lipinski definition) is 1. The first kappa shape index (κ1) is 14.0. The molecular formula is C15H26N2S. The molecule has 1 saturated heterocycles. The van der Waals surface area contributed by atoms with Gasteiger partial charge in [0.1, 0.15) is 0 Å². The van der Waals surface area contributed by atoms with Crippen molar-refractivity contribution in [2.45, 2.75) is 51.6 Å². The summed E-state index contributed by atoms with van der Waals surface area (Å²) < 4.78 is 0. The maximum atomic E-state index is 6.37. The second-order valence-corrected chi connectivity index (χ2v) is 6.45. The molecule has 18 heavy (non-hydrogen) atoms. The summed E-state index contributed by atoms with van der Waals surface area (Å²) in [6, 6.07) is 5.10. The number of rotatable bonds is 6. The lowest BCUT2D eigenvalue weighted by atomic mass is 10.0. The Morgan fingerprint density at radius 3 is 2.94 bits per heavy atom. The van der Waals surface area contributed by atoms with Gasteiger partial charge in [-0.25, -0.2) is 0 Å². The van der Waals surface area contributed by atoms with Gasteiger partial charge in [0.15, 0.2) is 0 Å². The molecule has 0 spiro atoms. The van der Waals surface area contributed by atoms with Crippen molar-refractivity contribution in [2.75, 3.05) is 13.1 Å². The van der Waals surface area contributed by atoms with Gasteiger partial charge in [-0.15, -0.1) is 11.3 Å². The molecule has 0 radical (unpaired) electrons. The monoisotopic (exact) mass is 266 g/mol. The molecule has 0 aliphatic carbocycles. The molecule has 0 aromatic carbocycles. The summed E-state index contributed by atoms with van der Waals surface area (Å²) in [6.07, 6.45) is 5.08. The zero-order valence-electron chi connectivity index (χ0n) is 11.6. The largest absolute Gasteiger partial charge is 0.326 e. The summed E-state index contributed by atoms with van der Waals surface area (Å²) in [5.74, 6) is 0.890. The van der Waals surface area contributed by atoms with Crippen LogP contribution < -0.4 is 5.73 Å². The Morgan fingerprint density at radius 2 is 2.33 bits per heavy atom. The fourth-order valence-corrected chi connectivity index (χ4v) is 4.04. The predicted molar refractivity (Wildman–Crippen MR) is 79.9 cm³/mol. The van der Waals surface area contributed by atoms with E-state index in [0.717, 1.165) is 12.3 Å². The topological polar surface area (TPSA) is 29.3 Å². The van der Waals surface area contributed by atoms with Crippen molar-refractivity contribution in [1.82, 2.24) is 4.90 Å². The molecule has 0 amide bonds. The van der Waals surface area contributed by atoms with Crippen LogP contribution in [0.1, 0.15) is 50.4 Å². The Morgan fingerprint density at radius 1 is 1.50 bits per heavy atom. The third-order valence-electron chi connectivity index (χ3n) is 4.12. The van der Waals surface area contributed by atoms with Gasteiger partial charge in [-0.3, -0.25) is 4.90 Å². The molecule has 1 aliphatic rings. The Labute approximate surface area is 115 Å². The molecule has 102 valence electrons. The third-order valence-corrected chi connectivity index (χ3v) is 5.06. The predicted octanol–water partition coefficient (Wildman–Crippen LogP) is 3.65. The first-order chi connectivity index (χ1) is 8.76. The van der Waals surface area contributed by atoms with Gasteiger partial charge in [0, 0.05) is 17.5 Å². The van der Waals surface area contributed by atoms with Crippen molar-refractivity contribution in [1.29, 1.82) is 0 Å². The van der Waals surface area contributed by atoms with E-state index in [1.807, 2.05) is 11.3 Å². The zero-order valence-corrected chi connectivity index (χ0v) is 12.5. The molecular weight excluding hydrogens is 240 g/mol. The van der Waals surface area contributed by atoms with Crippen LogP contribution in [0.5, 0.6) is 0 Å². The molecule has 2 rings (SSSR count). The Hall–Kier alpha value is -0.380. The molecule has 3 unspecified atom stereocenters. The fraction of sp³-hybridized carbons (Fsp3) is 0.733. The highest BCUT2D eigenvalue weighted by Gasteiger charge is 2.32. The molecule has 2 nitrogen and oxygen atoms in total. The van der Waals surface area contributed by atoms with Crippen molar-refractivity contribution in [2.24, 2.45) is 11.7 Å². The Kier molecular flexibility index (Phi) is 5.22. The second-order valence-electron chi connectivity index (χ2n) is 5.47. The molecule has 1 fully saturated rings. The van der Waals surface area contributed by atoms with Crippen molar-refractivity contribution in [3.63, 3.8) is 0 Å². The first-order valence-corrected chi connectivity index (χ1v) is 8.17. The van der Waals surface area contributed by atoms with Crippen molar-refractivity contribution < 1.29 is 0 Å². The van der Waals surface area contributed by atoms with E-state index in [2.05, 4.69) is 36.3 Å². The maximum absolute atomic E-state index is 6.37. The number of thiophene rings is 1. The van der Waals surface area contributed by atoms with Crippen LogP contribution in [0.15, 0.2) is 17.5 Å². The molecule has 0 bridgehead atoms. The first-order valence-electron chi connectivity index (χ1n) is 7.29. The van der Waals surface area contributed by atoms with E-state index >= 15 is 0 Å². The van der Waals surface area contributed by atoms with Gasteiger partial charge in [0.2, 0.25) is 0 Å². The minimum Gasteiger partial charge on any atom is -0.326 e. The minimum atomic E-state index is 0.268. The van der Waals surface area contributed by atoms with Crippen LogP contribution in [0.4, 0.5) is 0 Å². The zero-order chi connectivity index (χ0) is 13.0. The Balaban J connectivity index is 2.06. The summed E-state index contributed by atoms with van der Waals surface area (Å²) in [7, 11) is 0. The van der Waals surface area contributed by atoms with E-state index < -0.39 is 0 Å². The van der Waals surface area contributed by atoms with Crippen molar-refractivity contribution in [3.05, 3.63) is 22.4 Å². The second kappa shape index (κ2) is 6.69. The van der Waals surface area contributed by atoms with Gasteiger partial charge >= 0.3 is 0 Å². The van der Waals surface area contributed by atoms with E-state index in [0.29, 0.717) is 6.04 Å². The molecule has 3 atom stereocenters. The van der Waals surface area contributed by atoms with E-state index in [1.165, 1.54) is 37.2 Å². The minimum absolute atomic E-state index is 0.268. The summed E-state index contributed by atoms with van der Waals surface area (Å²) in [5.41, 5.74) is 6.37. The van der Waals surface area contributed by atoms with E-state index in [-0.39, 0.29) is 6.04 Å². The molecule has 1 aliphatic heterocycles. The highest BCUT2D eigenvalue weighted by Crippen LogP contribution is 2.34. The molecule has 3 heteroatoms. The molecule has 1 aromatic rings. The smallest absolute Gasteiger partial charge is 0.0593 e. The van der Waals surface area contributed by atoms with Gasteiger partial charge in [0.25, 0.3) is 0 Å². The highest BCUT2D eigenvalue weighted by molar-refractivity contribution is 7.10. The molecule has 2 N–H and O–H groups in total. The summed E-state index contributed by atoms with van der Waals surface area (Å²) in [4.78, 5) is 4.07. The lowest BCUT2D eigenvalue weighted by molar-refractivity contribution is 0.204. The number of hydrogen-bond acceptors (Lipinski definition) is 3. The normalized spacial score (nSPS) is 24.3. The van der Waals surface area contributed by atoms with Crippen LogP contribution in [-0.2, 0) is 0 Å². The Bertz CT molecular complexity index is 336. The lowest BCUT2D eigenvalue weighted by Crippen LogP contribution is -2.39. The van der Waals surface area contributed by atoms with Crippen LogP contribution in [0.25, 0.3) is 0 Å². The maximum Gasteiger partial charge on any atom is 0.0593 e. The molecule has 2 heterocycles. The average Bonchev–Trinajstić information content (AvgIpc) is 3.02. The van der Waals surface area contributed by atoms with E-state index in [9.17, 15) is 0 Å². The number of likely N-dealkylation sites (tertiary alicyclic amines) is 1. The van der Waals surface area contributed by atoms with Crippen LogP contribution in [0, 0.1) is 5.92 Å². The molecule has 1 aromatic heterocycles. The van der Waals surface area contributed by atoms with E-state index in [1.54, 1.807) is 0 Å². The van der Waals surface area contributed by atoms with Crippen molar-refractivity contribution in [3.8, 4) is 0 Å². The third kappa shape index (κ3) is 3.14. The summed E-state index contributed by atoms with van der Waals surface area (Å²) in [5, 5.41) is 2.17. The van der Waals surface area contributed by atoms with E-state index in [4.69, 9.17) is 5.73 Å². The van der Waals surface area contributed by atoms with Crippen LogP contribution in [0.2, 0.25) is 0 Å². The van der Waals surface area contributed by atoms with Gasteiger partial charge in [-0.1, -0.05) is 26.3 Å². The van der Waals surface area contributed by atoms with Crippen LogP contribution in [-0.4, -0.2) is 24.0 Å².